The summed E-state index contributed by atoms with van der Waals surface area (Å²) in [5, 5.41) is 11.2. The molecule has 96 valence electrons. The number of nitrogen functional groups attached to an aromatic ring is 1. The van der Waals surface area contributed by atoms with Gasteiger partial charge in [-0.05, 0) is 33.5 Å². The molecule has 0 radical (unpaired) electrons. The Kier molecular flexibility index (Phi) is 3.79. The van der Waals surface area contributed by atoms with Gasteiger partial charge in [0.15, 0.2) is 0 Å². The van der Waals surface area contributed by atoms with Crippen LogP contribution >= 0.6 is 38.6 Å². The van der Waals surface area contributed by atoms with Gasteiger partial charge in [0.1, 0.15) is 4.88 Å². The first-order valence-electron chi connectivity index (χ1n) is 5.31. The van der Waals surface area contributed by atoms with E-state index < -0.39 is 5.97 Å². The topological polar surface area (TPSA) is 63.3 Å². The lowest BCUT2D eigenvalue weighted by molar-refractivity contribution is 0.0703. The third-order valence-electron chi connectivity index (χ3n) is 2.58. The van der Waals surface area contributed by atoms with Crippen molar-refractivity contribution >= 4 is 50.3 Å². The molecule has 0 saturated carbocycles. The van der Waals surface area contributed by atoms with E-state index in [9.17, 15) is 4.79 Å². The van der Waals surface area contributed by atoms with Crippen LogP contribution in [0.25, 0.3) is 10.4 Å². The molecular formula is C12H12BrNO2S2. The van der Waals surface area contributed by atoms with Crippen molar-refractivity contribution in [2.24, 2.45) is 0 Å². The Morgan fingerprint density at radius 1 is 1.50 bits per heavy atom. The molecule has 6 heteroatoms. The molecule has 0 aliphatic carbocycles. The Hall–Kier alpha value is -0.850. The molecule has 0 unspecified atom stereocenters. The number of carboxylic acid groups (broad SMARTS) is 1. The summed E-state index contributed by atoms with van der Waals surface area (Å²) in [5.41, 5.74) is 8.33. The van der Waals surface area contributed by atoms with E-state index in [1.54, 1.807) is 11.3 Å². The minimum atomic E-state index is -0.958. The number of anilines is 1. The highest BCUT2D eigenvalue weighted by molar-refractivity contribution is 9.11. The van der Waals surface area contributed by atoms with Crippen LogP contribution in [0.2, 0.25) is 0 Å². The van der Waals surface area contributed by atoms with Crippen molar-refractivity contribution in [3.05, 3.63) is 25.7 Å². The number of aromatic carboxylic acids is 1. The quantitative estimate of drug-likeness (QED) is 0.851. The van der Waals surface area contributed by atoms with Gasteiger partial charge in [0.05, 0.1) is 9.47 Å². The van der Waals surface area contributed by atoms with Gasteiger partial charge < -0.3 is 10.8 Å². The van der Waals surface area contributed by atoms with Gasteiger partial charge in [0, 0.05) is 15.8 Å². The van der Waals surface area contributed by atoms with E-state index in [1.807, 2.05) is 25.3 Å². The fourth-order valence-electron chi connectivity index (χ4n) is 1.83. The zero-order chi connectivity index (χ0) is 13.4. The first kappa shape index (κ1) is 13.6. The van der Waals surface area contributed by atoms with Crippen molar-refractivity contribution < 1.29 is 9.90 Å². The van der Waals surface area contributed by atoms with Gasteiger partial charge in [0.2, 0.25) is 0 Å². The van der Waals surface area contributed by atoms with Gasteiger partial charge in [-0.25, -0.2) is 4.79 Å². The van der Waals surface area contributed by atoms with Gasteiger partial charge >= 0.3 is 5.97 Å². The van der Waals surface area contributed by atoms with Crippen molar-refractivity contribution in [3.63, 3.8) is 0 Å². The first-order valence-corrected chi connectivity index (χ1v) is 7.80. The molecule has 0 fully saturated rings. The van der Waals surface area contributed by atoms with Gasteiger partial charge in [-0.1, -0.05) is 13.8 Å². The first-order chi connectivity index (χ1) is 8.41. The number of hydrogen-bond donors (Lipinski definition) is 2. The van der Waals surface area contributed by atoms with E-state index in [4.69, 9.17) is 10.8 Å². The van der Waals surface area contributed by atoms with E-state index in [-0.39, 0.29) is 10.8 Å². The zero-order valence-electron chi connectivity index (χ0n) is 9.86. The molecule has 3 N–H and O–H groups in total. The van der Waals surface area contributed by atoms with Crippen molar-refractivity contribution in [1.29, 1.82) is 0 Å². The SMILES string of the molecule is CC(C)c1c(-c2csc(Br)c2)sc(C(=O)O)c1N. The summed E-state index contributed by atoms with van der Waals surface area (Å²) in [4.78, 5) is 12.4. The highest BCUT2D eigenvalue weighted by Crippen LogP contribution is 2.44. The Morgan fingerprint density at radius 3 is 2.61 bits per heavy atom. The molecule has 0 spiro atoms. The van der Waals surface area contributed by atoms with Gasteiger partial charge in [-0.2, -0.15) is 0 Å². The van der Waals surface area contributed by atoms with E-state index in [2.05, 4.69) is 15.9 Å². The Bertz CT molecular complexity index is 601. The van der Waals surface area contributed by atoms with Gasteiger partial charge in [-0.3, -0.25) is 0 Å². The Labute approximate surface area is 121 Å². The van der Waals surface area contributed by atoms with Crippen molar-refractivity contribution in [2.45, 2.75) is 19.8 Å². The minimum Gasteiger partial charge on any atom is -0.477 e. The maximum Gasteiger partial charge on any atom is 0.348 e. The summed E-state index contributed by atoms with van der Waals surface area (Å²) in [6.07, 6.45) is 0. The van der Waals surface area contributed by atoms with E-state index in [1.165, 1.54) is 11.3 Å². The number of thiophene rings is 2. The molecule has 0 bridgehead atoms. The van der Waals surface area contributed by atoms with Crippen LogP contribution in [0, 0.1) is 0 Å². The molecule has 0 saturated heterocycles. The van der Waals surface area contributed by atoms with Crippen molar-refractivity contribution in [2.75, 3.05) is 5.73 Å². The molecule has 0 aliphatic rings. The van der Waals surface area contributed by atoms with E-state index in [0.29, 0.717) is 5.69 Å². The van der Waals surface area contributed by atoms with Crippen LogP contribution in [-0.2, 0) is 0 Å². The number of carbonyl (C=O) groups is 1. The monoisotopic (exact) mass is 345 g/mol. The Morgan fingerprint density at radius 2 is 2.17 bits per heavy atom. The zero-order valence-corrected chi connectivity index (χ0v) is 13.1. The highest BCUT2D eigenvalue weighted by atomic mass is 79.9. The normalized spacial score (nSPS) is 11.1. The maximum absolute atomic E-state index is 11.2. The molecule has 2 aromatic rings. The van der Waals surface area contributed by atoms with Crippen molar-refractivity contribution in [1.82, 2.24) is 0 Å². The third kappa shape index (κ3) is 2.32. The van der Waals surface area contributed by atoms with Crippen LogP contribution < -0.4 is 5.73 Å². The second kappa shape index (κ2) is 5.03. The van der Waals surface area contributed by atoms with Crippen LogP contribution in [0.1, 0.15) is 35.0 Å². The lowest BCUT2D eigenvalue weighted by Crippen LogP contribution is -2.00. The van der Waals surface area contributed by atoms with Crippen LogP contribution in [0.15, 0.2) is 15.2 Å². The molecule has 3 nitrogen and oxygen atoms in total. The standard InChI is InChI=1S/C12H12BrNO2S2/c1-5(2)8-9(14)11(12(15)16)18-10(8)6-3-7(13)17-4-6/h3-5H,14H2,1-2H3,(H,15,16). The van der Waals surface area contributed by atoms with Crippen LogP contribution in [0.3, 0.4) is 0 Å². The lowest BCUT2D eigenvalue weighted by Gasteiger charge is -2.07. The summed E-state index contributed by atoms with van der Waals surface area (Å²) < 4.78 is 1.02. The maximum atomic E-state index is 11.2. The molecule has 0 atom stereocenters. The van der Waals surface area contributed by atoms with E-state index >= 15 is 0 Å². The predicted octanol–water partition coefficient (Wildman–Crippen LogP) is 4.64. The number of nitrogens with two attached hydrogens (primary N) is 1. The molecule has 2 aromatic heterocycles. The predicted molar refractivity (Wildman–Crippen MR) is 80.8 cm³/mol. The lowest BCUT2D eigenvalue weighted by atomic mass is 9.99. The number of halogens is 1. The summed E-state index contributed by atoms with van der Waals surface area (Å²) >= 11 is 6.25. The number of rotatable bonds is 3. The molecular weight excluding hydrogens is 334 g/mol. The van der Waals surface area contributed by atoms with Gasteiger partial charge in [-0.15, -0.1) is 22.7 Å². The Balaban J connectivity index is 2.66. The summed E-state index contributed by atoms with van der Waals surface area (Å²) in [5.74, 6) is -0.761. The molecule has 0 amide bonds. The second-order valence-corrected chi connectivity index (χ2v) is 7.50. The average molecular weight is 346 g/mol. The average Bonchev–Trinajstić information content (AvgIpc) is 2.81. The fraction of sp³-hybridized carbons (Fsp3) is 0.250. The second-order valence-electron chi connectivity index (χ2n) is 4.19. The van der Waals surface area contributed by atoms with Crippen LogP contribution in [0.4, 0.5) is 5.69 Å². The molecule has 0 aliphatic heterocycles. The molecule has 0 aromatic carbocycles. The largest absolute Gasteiger partial charge is 0.477 e. The number of carboxylic acids is 1. The van der Waals surface area contributed by atoms with Crippen LogP contribution in [-0.4, -0.2) is 11.1 Å². The summed E-state index contributed by atoms with van der Waals surface area (Å²) in [6, 6.07) is 1.99. The number of hydrogen-bond acceptors (Lipinski definition) is 4. The van der Waals surface area contributed by atoms with Crippen LogP contribution in [0.5, 0.6) is 0 Å². The minimum absolute atomic E-state index is 0.197. The van der Waals surface area contributed by atoms with Crippen molar-refractivity contribution in [3.8, 4) is 10.4 Å². The summed E-state index contributed by atoms with van der Waals surface area (Å²) in [7, 11) is 0. The smallest absolute Gasteiger partial charge is 0.348 e. The molecule has 2 rings (SSSR count). The molecule has 18 heavy (non-hydrogen) atoms. The van der Waals surface area contributed by atoms with E-state index in [0.717, 1.165) is 19.8 Å². The highest BCUT2D eigenvalue weighted by Gasteiger charge is 2.23. The summed E-state index contributed by atoms with van der Waals surface area (Å²) in [6.45, 7) is 4.05. The fourth-order valence-corrected chi connectivity index (χ4v) is 4.26. The van der Waals surface area contributed by atoms with Gasteiger partial charge in [0.25, 0.3) is 0 Å². The molecule has 2 heterocycles. The third-order valence-corrected chi connectivity index (χ3v) is 5.35.